The van der Waals surface area contributed by atoms with E-state index in [0.717, 1.165) is 6.42 Å². The summed E-state index contributed by atoms with van der Waals surface area (Å²) in [4.78, 5) is 23.1. The van der Waals surface area contributed by atoms with Gasteiger partial charge in [0.25, 0.3) is 0 Å². The highest BCUT2D eigenvalue weighted by Crippen LogP contribution is 2.15. The number of hydrogen-bond acceptors (Lipinski definition) is 2. The molecule has 98 valence electrons. The lowest BCUT2D eigenvalue weighted by atomic mass is 9.90. The molecule has 2 heteroatoms. The van der Waals surface area contributed by atoms with Crippen molar-refractivity contribution in [1.29, 1.82) is 0 Å². The number of hydrogen-bond donors (Lipinski definition) is 0. The van der Waals surface area contributed by atoms with Crippen LogP contribution in [0.15, 0.2) is 24.3 Å². The van der Waals surface area contributed by atoms with E-state index in [1.807, 2.05) is 20.8 Å². The first-order valence-corrected chi connectivity index (χ1v) is 6.49. The smallest absolute Gasteiger partial charge is 0.136 e. The summed E-state index contributed by atoms with van der Waals surface area (Å²) in [6, 6.07) is 8.25. The normalized spacial score (nSPS) is 14.0. The van der Waals surface area contributed by atoms with Gasteiger partial charge in [0.05, 0.1) is 0 Å². The Labute approximate surface area is 109 Å². The summed E-state index contributed by atoms with van der Waals surface area (Å²) in [5.41, 5.74) is 2.40. The van der Waals surface area contributed by atoms with Crippen molar-refractivity contribution in [2.45, 2.75) is 40.5 Å². The van der Waals surface area contributed by atoms with Crippen molar-refractivity contribution in [3.8, 4) is 0 Å². The molecule has 0 fully saturated rings. The van der Waals surface area contributed by atoms with Gasteiger partial charge in [-0.2, -0.15) is 0 Å². The van der Waals surface area contributed by atoms with Crippen LogP contribution in [-0.4, -0.2) is 11.6 Å². The summed E-state index contributed by atoms with van der Waals surface area (Å²) >= 11 is 0. The molecule has 0 bridgehead atoms. The Balaban J connectivity index is 2.54. The molecule has 2 atom stereocenters. The van der Waals surface area contributed by atoms with Gasteiger partial charge < -0.3 is 0 Å². The van der Waals surface area contributed by atoms with E-state index >= 15 is 0 Å². The van der Waals surface area contributed by atoms with Gasteiger partial charge in [-0.1, -0.05) is 43.7 Å². The van der Waals surface area contributed by atoms with Crippen LogP contribution >= 0.6 is 0 Å². The SMILES string of the molecule is CC(=O)[C@H](C)CC(=O)[C@@H](C)Cc1ccc(C)cc1. The van der Waals surface area contributed by atoms with Crippen LogP contribution in [0.3, 0.4) is 0 Å². The van der Waals surface area contributed by atoms with Crippen LogP contribution in [0.25, 0.3) is 0 Å². The summed E-state index contributed by atoms with van der Waals surface area (Å²) in [6.07, 6.45) is 1.12. The standard InChI is InChI=1S/C16H22O2/c1-11-5-7-15(8-6-11)9-13(3)16(18)10-12(2)14(4)17/h5-8,12-13H,9-10H2,1-4H3/t12-,13+/m1/s1. The van der Waals surface area contributed by atoms with Gasteiger partial charge in [0.15, 0.2) is 0 Å². The monoisotopic (exact) mass is 246 g/mol. The maximum Gasteiger partial charge on any atom is 0.136 e. The molecular weight excluding hydrogens is 224 g/mol. The number of carbonyl (C=O) groups excluding carboxylic acids is 2. The third-order valence-electron chi connectivity index (χ3n) is 3.41. The molecule has 2 nitrogen and oxygen atoms in total. The summed E-state index contributed by atoms with van der Waals surface area (Å²) in [5.74, 6) is 0.0941. The van der Waals surface area contributed by atoms with E-state index in [2.05, 4.69) is 24.3 Å². The van der Waals surface area contributed by atoms with Crippen molar-refractivity contribution in [3.05, 3.63) is 35.4 Å². The summed E-state index contributed by atoms with van der Waals surface area (Å²) in [5, 5.41) is 0. The topological polar surface area (TPSA) is 34.1 Å². The zero-order valence-corrected chi connectivity index (χ0v) is 11.7. The lowest BCUT2D eigenvalue weighted by molar-refractivity contribution is -0.128. The van der Waals surface area contributed by atoms with Gasteiger partial charge in [-0.25, -0.2) is 0 Å². The van der Waals surface area contributed by atoms with Crippen molar-refractivity contribution in [1.82, 2.24) is 0 Å². The van der Waals surface area contributed by atoms with Gasteiger partial charge in [0, 0.05) is 18.3 Å². The second-order valence-electron chi connectivity index (χ2n) is 5.27. The molecule has 0 amide bonds. The van der Waals surface area contributed by atoms with E-state index in [9.17, 15) is 9.59 Å². The second kappa shape index (κ2) is 6.48. The first kappa shape index (κ1) is 14.6. The highest BCUT2D eigenvalue weighted by Gasteiger charge is 2.18. The van der Waals surface area contributed by atoms with Gasteiger partial charge >= 0.3 is 0 Å². The van der Waals surface area contributed by atoms with E-state index in [4.69, 9.17) is 0 Å². The van der Waals surface area contributed by atoms with Crippen molar-refractivity contribution >= 4 is 11.6 Å². The van der Waals surface area contributed by atoms with Gasteiger partial charge in [-0.3, -0.25) is 9.59 Å². The molecule has 0 saturated heterocycles. The molecule has 0 radical (unpaired) electrons. The predicted octanol–water partition coefficient (Wildman–Crippen LogP) is 3.36. The maximum atomic E-state index is 12.0. The molecule has 1 rings (SSSR count). The number of rotatable bonds is 6. The highest BCUT2D eigenvalue weighted by molar-refractivity contribution is 5.87. The second-order valence-corrected chi connectivity index (χ2v) is 5.27. The van der Waals surface area contributed by atoms with Crippen molar-refractivity contribution in [2.75, 3.05) is 0 Å². The van der Waals surface area contributed by atoms with Crippen molar-refractivity contribution < 1.29 is 9.59 Å². The molecule has 0 aliphatic rings. The Bertz CT molecular complexity index is 417. The fourth-order valence-corrected chi connectivity index (χ4v) is 1.84. The zero-order chi connectivity index (χ0) is 13.7. The molecule has 0 spiro atoms. The average molecular weight is 246 g/mol. The summed E-state index contributed by atoms with van der Waals surface area (Å²) < 4.78 is 0. The third-order valence-corrected chi connectivity index (χ3v) is 3.41. The molecule has 0 N–H and O–H groups in total. The van der Waals surface area contributed by atoms with Gasteiger partial charge in [0.1, 0.15) is 11.6 Å². The maximum absolute atomic E-state index is 12.0. The first-order chi connectivity index (χ1) is 8.40. The first-order valence-electron chi connectivity index (χ1n) is 6.49. The molecule has 0 aliphatic heterocycles. The lowest BCUT2D eigenvalue weighted by Crippen LogP contribution is -2.19. The van der Waals surface area contributed by atoms with E-state index in [-0.39, 0.29) is 23.4 Å². The van der Waals surface area contributed by atoms with Crippen LogP contribution in [0.2, 0.25) is 0 Å². The zero-order valence-electron chi connectivity index (χ0n) is 11.7. The Morgan fingerprint density at radius 3 is 2.11 bits per heavy atom. The summed E-state index contributed by atoms with van der Waals surface area (Å²) in [6.45, 7) is 7.35. The van der Waals surface area contributed by atoms with Crippen molar-refractivity contribution in [2.24, 2.45) is 11.8 Å². The molecule has 0 unspecified atom stereocenters. The Kier molecular flexibility index (Phi) is 5.26. The highest BCUT2D eigenvalue weighted by atomic mass is 16.1. The lowest BCUT2D eigenvalue weighted by Gasteiger charge is -2.13. The minimum atomic E-state index is -0.155. The predicted molar refractivity (Wildman–Crippen MR) is 73.5 cm³/mol. The molecule has 0 heterocycles. The number of carbonyl (C=O) groups is 2. The minimum Gasteiger partial charge on any atom is -0.300 e. The molecule has 0 saturated carbocycles. The molecule has 1 aromatic rings. The van der Waals surface area contributed by atoms with Crippen LogP contribution in [0.1, 0.15) is 38.3 Å². The molecule has 1 aromatic carbocycles. The Hall–Kier alpha value is -1.44. The Morgan fingerprint density at radius 1 is 1.06 bits per heavy atom. The summed E-state index contributed by atoms with van der Waals surface area (Å²) in [7, 11) is 0. The third kappa shape index (κ3) is 4.44. The van der Waals surface area contributed by atoms with Crippen LogP contribution in [-0.2, 0) is 16.0 Å². The van der Waals surface area contributed by atoms with E-state index in [0.29, 0.717) is 6.42 Å². The Morgan fingerprint density at radius 2 is 1.61 bits per heavy atom. The molecule has 0 aliphatic carbocycles. The van der Waals surface area contributed by atoms with Crippen molar-refractivity contribution in [3.63, 3.8) is 0 Å². The number of aryl methyl sites for hydroxylation is 1. The molecule has 0 aromatic heterocycles. The fourth-order valence-electron chi connectivity index (χ4n) is 1.84. The van der Waals surface area contributed by atoms with Gasteiger partial charge in [-0.15, -0.1) is 0 Å². The molecule has 18 heavy (non-hydrogen) atoms. The van der Waals surface area contributed by atoms with E-state index < -0.39 is 0 Å². The van der Waals surface area contributed by atoms with Gasteiger partial charge in [-0.05, 0) is 25.8 Å². The van der Waals surface area contributed by atoms with E-state index in [1.165, 1.54) is 11.1 Å². The van der Waals surface area contributed by atoms with Gasteiger partial charge in [0.2, 0.25) is 0 Å². The van der Waals surface area contributed by atoms with Crippen LogP contribution < -0.4 is 0 Å². The fraction of sp³-hybridized carbons (Fsp3) is 0.500. The largest absolute Gasteiger partial charge is 0.300 e. The average Bonchev–Trinajstić information content (AvgIpc) is 2.31. The number of benzene rings is 1. The molecular formula is C16H22O2. The number of ketones is 2. The van der Waals surface area contributed by atoms with Crippen LogP contribution in [0, 0.1) is 18.8 Å². The minimum absolute atomic E-state index is 0.0190. The van der Waals surface area contributed by atoms with E-state index in [1.54, 1.807) is 6.92 Å². The van der Waals surface area contributed by atoms with Crippen LogP contribution in [0.5, 0.6) is 0 Å². The van der Waals surface area contributed by atoms with Crippen LogP contribution in [0.4, 0.5) is 0 Å². The quantitative estimate of drug-likeness (QED) is 0.771. The number of Topliss-reactive ketones (excluding diaryl/α,β-unsaturated/α-hetero) is 2.